The molecule has 0 saturated carbocycles. The zero-order valence-electron chi connectivity index (χ0n) is 20.9. The quantitative estimate of drug-likeness (QED) is 0.486. The van der Waals surface area contributed by atoms with E-state index in [9.17, 15) is 32.4 Å². The Morgan fingerprint density at radius 1 is 1.29 bits per heavy atom. The minimum absolute atomic E-state index is 0.0246. The average Bonchev–Trinajstić information content (AvgIpc) is 2.82. The van der Waals surface area contributed by atoms with E-state index in [1.807, 2.05) is 13.8 Å². The van der Waals surface area contributed by atoms with Gasteiger partial charge in [0.05, 0.1) is 45.8 Å². The molecule has 3 aromatic rings. The van der Waals surface area contributed by atoms with E-state index in [2.05, 4.69) is 20.3 Å². The van der Waals surface area contributed by atoms with Crippen molar-refractivity contribution in [3.63, 3.8) is 0 Å². The van der Waals surface area contributed by atoms with Gasteiger partial charge in [0, 0.05) is 19.3 Å². The van der Waals surface area contributed by atoms with E-state index >= 15 is 0 Å². The Bertz CT molecular complexity index is 1500. The van der Waals surface area contributed by atoms with Crippen LogP contribution in [0.15, 0.2) is 23.1 Å². The van der Waals surface area contributed by atoms with Gasteiger partial charge in [-0.15, -0.1) is 0 Å². The van der Waals surface area contributed by atoms with Crippen molar-refractivity contribution in [3.8, 4) is 6.07 Å². The number of nitrogens with one attached hydrogen (secondary N) is 2. The number of pyridine rings is 1. The van der Waals surface area contributed by atoms with E-state index in [-0.39, 0.29) is 34.5 Å². The Labute approximate surface area is 214 Å². The van der Waals surface area contributed by atoms with Gasteiger partial charge in [0.15, 0.2) is 11.6 Å². The van der Waals surface area contributed by atoms with Crippen molar-refractivity contribution in [1.29, 1.82) is 5.26 Å². The molecular formula is C25H24F4N6O3. The molecule has 1 saturated heterocycles. The van der Waals surface area contributed by atoms with Gasteiger partial charge in [-0.25, -0.2) is 14.4 Å². The summed E-state index contributed by atoms with van der Waals surface area (Å²) in [6, 6.07) is 2.22. The van der Waals surface area contributed by atoms with Crippen LogP contribution in [0.1, 0.15) is 59.7 Å². The van der Waals surface area contributed by atoms with E-state index in [4.69, 9.17) is 4.74 Å². The summed E-state index contributed by atoms with van der Waals surface area (Å²) < 4.78 is 63.0. The Morgan fingerprint density at radius 3 is 2.53 bits per heavy atom. The van der Waals surface area contributed by atoms with Crippen molar-refractivity contribution < 1.29 is 27.1 Å². The molecule has 0 spiro atoms. The fourth-order valence-electron chi connectivity index (χ4n) is 4.64. The lowest BCUT2D eigenvalue weighted by molar-refractivity contribution is -0.138. The number of ether oxygens (including phenoxy) is 1. The second-order valence-corrected chi connectivity index (χ2v) is 9.26. The van der Waals surface area contributed by atoms with Crippen molar-refractivity contribution in [2.24, 2.45) is 0 Å². The summed E-state index contributed by atoms with van der Waals surface area (Å²) in [6.45, 7) is 6.96. The molecule has 1 amide bonds. The van der Waals surface area contributed by atoms with Gasteiger partial charge in [-0.3, -0.25) is 9.59 Å². The first-order valence-electron chi connectivity index (χ1n) is 11.7. The molecule has 3 atom stereocenters. The van der Waals surface area contributed by atoms with Gasteiger partial charge in [0.1, 0.15) is 11.9 Å². The Balaban J connectivity index is 1.70. The molecule has 1 fully saturated rings. The minimum Gasteiger partial charge on any atom is -0.372 e. The largest absolute Gasteiger partial charge is 0.418 e. The van der Waals surface area contributed by atoms with Crippen LogP contribution in [0.5, 0.6) is 0 Å². The van der Waals surface area contributed by atoms with Crippen LogP contribution in [-0.2, 0) is 10.9 Å². The molecule has 0 aliphatic carbocycles. The number of amides is 1. The number of nitrogens with zero attached hydrogens (tertiary/aromatic N) is 4. The number of hydrogen-bond donors (Lipinski definition) is 2. The predicted molar refractivity (Wildman–Crippen MR) is 129 cm³/mol. The van der Waals surface area contributed by atoms with E-state index in [0.29, 0.717) is 13.1 Å². The van der Waals surface area contributed by atoms with Gasteiger partial charge in [0.25, 0.3) is 11.5 Å². The predicted octanol–water partition coefficient (Wildman–Crippen LogP) is 4.08. The molecule has 0 radical (unpaired) electrons. The van der Waals surface area contributed by atoms with Crippen molar-refractivity contribution in [2.75, 3.05) is 18.4 Å². The molecule has 13 heteroatoms. The number of nitriles is 1. The lowest BCUT2D eigenvalue weighted by Crippen LogP contribution is -2.48. The summed E-state index contributed by atoms with van der Waals surface area (Å²) in [4.78, 5) is 37.1. The molecular weight excluding hydrogens is 508 g/mol. The van der Waals surface area contributed by atoms with Gasteiger partial charge in [-0.05, 0) is 45.4 Å². The summed E-state index contributed by atoms with van der Waals surface area (Å²) in [7, 11) is 0. The van der Waals surface area contributed by atoms with Gasteiger partial charge in [-0.1, -0.05) is 0 Å². The number of fused-ring (bicyclic) bond motifs is 1. The highest BCUT2D eigenvalue weighted by molar-refractivity contribution is 5.94. The van der Waals surface area contributed by atoms with E-state index in [1.54, 1.807) is 0 Å². The van der Waals surface area contributed by atoms with Crippen LogP contribution in [0, 0.1) is 24.1 Å². The highest BCUT2D eigenvalue weighted by Gasteiger charge is 2.39. The smallest absolute Gasteiger partial charge is 0.372 e. The maximum absolute atomic E-state index is 15.0. The standard InChI is InChI=1S/C25H24F4N6O3/c1-11-9-35(10-12(2)38-11)24(37)15-5-19(26)22(31-8-15)32-13(3)16-6-17-21(33-14(4)34-23(17)36)18(7-30)20(16)25(27,28)29/h5-6,8,11-13H,9-10H2,1-4H3,(H,31,32)(H,33,34,36). The number of aromatic amines is 1. The SMILES string of the molecule is Cc1nc2c(C#N)c(C(F)(F)F)c(C(C)Nc3ncc(C(=O)N4CC(C)OC(C)C4)cc3F)cc2c(=O)[nH]1. The molecule has 2 N–H and O–H groups in total. The highest BCUT2D eigenvalue weighted by atomic mass is 19.4. The van der Waals surface area contributed by atoms with Crippen molar-refractivity contribution >= 4 is 22.6 Å². The van der Waals surface area contributed by atoms with Crippen LogP contribution in [0.4, 0.5) is 23.4 Å². The first-order valence-corrected chi connectivity index (χ1v) is 11.7. The number of halogens is 4. The van der Waals surface area contributed by atoms with E-state index in [1.165, 1.54) is 24.8 Å². The number of alkyl halides is 3. The van der Waals surface area contributed by atoms with E-state index < -0.39 is 52.0 Å². The second kappa shape index (κ2) is 10.0. The fourth-order valence-corrected chi connectivity index (χ4v) is 4.64. The molecule has 38 heavy (non-hydrogen) atoms. The number of anilines is 1. The van der Waals surface area contributed by atoms with Crippen molar-refractivity contribution in [1.82, 2.24) is 19.9 Å². The number of carbonyl (C=O) groups is 1. The molecule has 200 valence electrons. The Kier molecular flexibility index (Phi) is 7.12. The monoisotopic (exact) mass is 532 g/mol. The topological polar surface area (TPSA) is 124 Å². The highest BCUT2D eigenvalue weighted by Crippen LogP contribution is 2.40. The number of benzene rings is 1. The van der Waals surface area contributed by atoms with Gasteiger partial charge < -0.3 is 19.9 Å². The first kappa shape index (κ1) is 27.0. The molecule has 2 aromatic heterocycles. The van der Waals surface area contributed by atoms with Crippen LogP contribution in [-0.4, -0.2) is 51.1 Å². The summed E-state index contributed by atoms with van der Waals surface area (Å²) in [5.74, 6) is -1.76. The molecule has 9 nitrogen and oxygen atoms in total. The maximum atomic E-state index is 15.0. The molecule has 1 aliphatic rings. The van der Waals surface area contributed by atoms with Gasteiger partial charge >= 0.3 is 6.18 Å². The summed E-state index contributed by atoms with van der Waals surface area (Å²) in [5, 5.41) is 11.9. The zero-order chi connectivity index (χ0) is 27.9. The molecule has 0 bridgehead atoms. The van der Waals surface area contributed by atoms with Gasteiger partial charge in [0.2, 0.25) is 0 Å². The van der Waals surface area contributed by atoms with Crippen molar-refractivity contribution in [2.45, 2.75) is 52.1 Å². The lowest BCUT2D eigenvalue weighted by Gasteiger charge is -2.35. The number of carbonyl (C=O) groups excluding carboxylic acids is 1. The molecule has 3 heterocycles. The third-order valence-corrected chi connectivity index (χ3v) is 6.16. The van der Waals surface area contributed by atoms with Crippen LogP contribution in [0.25, 0.3) is 10.9 Å². The zero-order valence-corrected chi connectivity index (χ0v) is 20.9. The molecule has 1 aliphatic heterocycles. The van der Waals surface area contributed by atoms with Crippen LogP contribution in [0.2, 0.25) is 0 Å². The number of rotatable bonds is 4. The summed E-state index contributed by atoms with van der Waals surface area (Å²) >= 11 is 0. The Hall–Kier alpha value is -4.05. The minimum atomic E-state index is -4.97. The molecule has 1 aromatic carbocycles. The maximum Gasteiger partial charge on any atom is 0.418 e. The van der Waals surface area contributed by atoms with Gasteiger partial charge in [-0.2, -0.15) is 18.4 Å². The normalized spacial score (nSPS) is 18.8. The fraction of sp³-hybridized carbons (Fsp3) is 0.400. The summed E-state index contributed by atoms with van der Waals surface area (Å²) in [6.07, 6.45) is -4.24. The molecule has 4 rings (SSSR count). The number of H-pyrrole nitrogens is 1. The number of aromatic nitrogens is 3. The third kappa shape index (κ3) is 5.17. The molecule has 3 unspecified atom stereocenters. The average molecular weight is 532 g/mol. The summed E-state index contributed by atoms with van der Waals surface area (Å²) in [5.41, 5.74) is -3.68. The number of hydrogen-bond acceptors (Lipinski definition) is 7. The van der Waals surface area contributed by atoms with Crippen LogP contribution in [0.3, 0.4) is 0 Å². The van der Waals surface area contributed by atoms with E-state index in [0.717, 1.165) is 18.3 Å². The third-order valence-electron chi connectivity index (χ3n) is 6.16. The lowest BCUT2D eigenvalue weighted by atomic mass is 9.93. The number of morpholine rings is 1. The van der Waals surface area contributed by atoms with Crippen LogP contribution < -0.4 is 10.9 Å². The van der Waals surface area contributed by atoms with Crippen LogP contribution >= 0.6 is 0 Å². The second-order valence-electron chi connectivity index (χ2n) is 9.26. The first-order chi connectivity index (χ1) is 17.8. The number of aryl methyl sites for hydroxylation is 1. The Morgan fingerprint density at radius 2 is 1.95 bits per heavy atom. The van der Waals surface area contributed by atoms with Crippen molar-refractivity contribution in [3.05, 3.63) is 62.6 Å².